The minimum absolute atomic E-state index is 0.164. The molecular formula is C21H19N. The van der Waals surface area contributed by atoms with Gasteiger partial charge in [0.05, 0.1) is 0 Å². The molecule has 0 spiro atoms. The molecule has 1 heteroatoms. The van der Waals surface area contributed by atoms with Crippen LogP contribution in [-0.2, 0) is 0 Å². The summed E-state index contributed by atoms with van der Waals surface area (Å²) in [6, 6.07) is 21.1. The molecule has 0 aliphatic rings. The van der Waals surface area contributed by atoms with Crippen LogP contribution in [0.15, 0.2) is 85.7 Å². The van der Waals surface area contributed by atoms with Gasteiger partial charge in [-0.15, -0.1) is 6.58 Å². The average molecular weight is 285 g/mol. The summed E-state index contributed by atoms with van der Waals surface area (Å²) in [4.78, 5) is 4.43. The van der Waals surface area contributed by atoms with Crippen LogP contribution in [0, 0.1) is 6.92 Å². The molecule has 108 valence electrons. The van der Waals surface area contributed by atoms with Gasteiger partial charge in [0.25, 0.3) is 0 Å². The minimum atomic E-state index is 0.164. The maximum absolute atomic E-state index is 4.43. The van der Waals surface area contributed by atoms with Crippen LogP contribution in [0.3, 0.4) is 0 Å². The smallest absolute Gasteiger partial charge is 0.0346 e. The summed E-state index contributed by atoms with van der Waals surface area (Å²) >= 11 is 0. The molecule has 0 radical (unpaired) electrons. The third-order valence-corrected chi connectivity index (χ3v) is 3.90. The zero-order valence-corrected chi connectivity index (χ0v) is 12.7. The topological polar surface area (TPSA) is 12.9 Å². The number of nitrogens with zero attached hydrogens (tertiary/aromatic N) is 1. The van der Waals surface area contributed by atoms with E-state index in [9.17, 15) is 0 Å². The van der Waals surface area contributed by atoms with Crippen molar-refractivity contribution in [3.8, 4) is 11.1 Å². The molecule has 0 bridgehead atoms. The molecule has 0 aliphatic heterocycles. The van der Waals surface area contributed by atoms with Crippen LogP contribution in [0.2, 0.25) is 0 Å². The molecule has 3 rings (SSSR count). The van der Waals surface area contributed by atoms with Crippen LogP contribution in [0.25, 0.3) is 11.1 Å². The normalized spacial score (nSPS) is 11.9. The zero-order valence-electron chi connectivity index (χ0n) is 12.7. The second-order valence-electron chi connectivity index (χ2n) is 5.50. The monoisotopic (exact) mass is 285 g/mol. The minimum Gasteiger partial charge on any atom is -0.264 e. The largest absolute Gasteiger partial charge is 0.264 e. The van der Waals surface area contributed by atoms with E-state index in [4.69, 9.17) is 0 Å². The summed E-state index contributed by atoms with van der Waals surface area (Å²) in [7, 11) is 0. The van der Waals surface area contributed by atoms with E-state index in [1.165, 1.54) is 22.3 Å². The number of aromatic nitrogens is 1. The molecule has 3 aromatic rings. The van der Waals surface area contributed by atoms with Gasteiger partial charge >= 0.3 is 0 Å². The number of hydrogen-bond acceptors (Lipinski definition) is 1. The van der Waals surface area contributed by atoms with Crippen LogP contribution in [-0.4, -0.2) is 4.98 Å². The van der Waals surface area contributed by atoms with Crippen molar-refractivity contribution in [3.05, 3.63) is 102 Å². The Hall–Kier alpha value is -2.67. The van der Waals surface area contributed by atoms with Crippen LogP contribution in [0.1, 0.15) is 22.6 Å². The van der Waals surface area contributed by atoms with Crippen LogP contribution >= 0.6 is 0 Å². The molecule has 0 fully saturated rings. The van der Waals surface area contributed by atoms with Crippen molar-refractivity contribution in [2.24, 2.45) is 0 Å². The highest BCUT2D eigenvalue weighted by molar-refractivity contribution is 5.63. The van der Waals surface area contributed by atoms with E-state index in [-0.39, 0.29) is 5.92 Å². The standard InChI is InChI=1S/C21H19N/c1-3-21(18-11-9-16(2)10-12-18)20-13-19(14-22-15-20)17-7-5-4-6-8-17/h3-15,21H,1H2,2H3. The van der Waals surface area contributed by atoms with Gasteiger partial charge in [0.1, 0.15) is 0 Å². The lowest BCUT2D eigenvalue weighted by Gasteiger charge is -2.14. The van der Waals surface area contributed by atoms with E-state index in [0.717, 1.165) is 5.56 Å². The van der Waals surface area contributed by atoms with E-state index in [1.54, 1.807) is 0 Å². The molecule has 1 aromatic heterocycles. The number of aryl methyl sites for hydroxylation is 1. The van der Waals surface area contributed by atoms with Gasteiger partial charge in [-0.3, -0.25) is 4.98 Å². The van der Waals surface area contributed by atoms with Gasteiger partial charge in [-0.25, -0.2) is 0 Å². The molecule has 1 atom stereocenters. The summed E-state index contributed by atoms with van der Waals surface area (Å²) in [6.07, 6.45) is 5.82. The van der Waals surface area contributed by atoms with E-state index >= 15 is 0 Å². The van der Waals surface area contributed by atoms with E-state index in [1.807, 2.05) is 36.7 Å². The molecule has 0 saturated carbocycles. The summed E-state index contributed by atoms with van der Waals surface area (Å²) in [5.74, 6) is 0.164. The molecule has 2 aromatic carbocycles. The third-order valence-electron chi connectivity index (χ3n) is 3.90. The Morgan fingerprint density at radius 3 is 2.27 bits per heavy atom. The summed E-state index contributed by atoms with van der Waals surface area (Å²) < 4.78 is 0. The summed E-state index contributed by atoms with van der Waals surface area (Å²) in [6.45, 7) is 6.11. The van der Waals surface area contributed by atoms with Crippen LogP contribution in [0.4, 0.5) is 0 Å². The molecule has 0 N–H and O–H groups in total. The molecule has 22 heavy (non-hydrogen) atoms. The quantitative estimate of drug-likeness (QED) is 0.587. The number of pyridine rings is 1. The van der Waals surface area contributed by atoms with Gasteiger partial charge in [0.15, 0.2) is 0 Å². The van der Waals surface area contributed by atoms with Crippen molar-refractivity contribution in [3.63, 3.8) is 0 Å². The lowest BCUT2D eigenvalue weighted by Crippen LogP contribution is -1.99. The Bertz CT molecular complexity index is 757. The Morgan fingerprint density at radius 2 is 1.59 bits per heavy atom. The molecule has 0 saturated heterocycles. The maximum atomic E-state index is 4.43. The number of hydrogen-bond donors (Lipinski definition) is 0. The first kappa shape index (κ1) is 14.3. The van der Waals surface area contributed by atoms with Crippen molar-refractivity contribution < 1.29 is 0 Å². The fourth-order valence-electron chi connectivity index (χ4n) is 2.65. The average Bonchev–Trinajstić information content (AvgIpc) is 2.58. The number of benzene rings is 2. The third kappa shape index (κ3) is 2.99. The lowest BCUT2D eigenvalue weighted by molar-refractivity contribution is 1.01. The maximum Gasteiger partial charge on any atom is 0.0346 e. The molecule has 1 heterocycles. The number of allylic oxidation sites excluding steroid dienone is 1. The predicted molar refractivity (Wildman–Crippen MR) is 92.9 cm³/mol. The predicted octanol–water partition coefficient (Wildman–Crippen LogP) is 5.37. The van der Waals surface area contributed by atoms with E-state index in [2.05, 4.69) is 61.0 Å². The fraction of sp³-hybridized carbons (Fsp3) is 0.0952. The fourth-order valence-corrected chi connectivity index (χ4v) is 2.65. The highest BCUT2D eigenvalue weighted by Crippen LogP contribution is 2.28. The van der Waals surface area contributed by atoms with Crippen molar-refractivity contribution in [1.82, 2.24) is 4.98 Å². The molecule has 0 aliphatic carbocycles. The van der Waals surface area contributed by atoms with Crippen molar-refractivity contribution >= 4 is 0 Å². The Labute approximate surface area is 132 Å². The van der Waals surface area contributed by atoms with E-state index < -0.39 is 0 Å². The Balaban J connectivity index is 2.00. The van der Waals surface area contributed by atoms with Crippen LogP contribution < -0.4 is 0 Å². The van der Waals surface area contributed by atoms with E-state index in [0.29, 0.717) is 0 Å². The van der Waals surface area contributed by atoms with Crippen molar-refractivity contribution in [2.75, 3.05) is 0 Å². The highest BCUT2D eigenvalue weighted by Gasteiger charge is 2.11. The molecule has 1 unspecified atom stereocenters. The second kappa shape index (κ2) is 6.40. The summed E-state index contributed by atoms with van der Waals surface area (Å²) in [5.41, 5.74) is 6.00. The van der Waals surface area contributed by atoms with Gasteiger partial charge in [-0.1, -0.05) is 66.2 Å². The van der Waals surface area contributed by atoms with Gasteiger partial charge < -0.3 is 0 Å². The van der Waals surface area contributed by atoms with Crippen molar-refractivity contribution in [2.45, 2.75) is 12.8 Å². The van der Waals surface area contributed by atoms with Gasteiger partial charge in [0, 0.05) is 23.9 Å². The first-order valence-electron chi connectivity index (χ1n) is 7.47. The van der Waals surface area contributed by atoms with Crippen LogP contribution in [0.5, 0.6) is 0 Å². The molecule has 1 nitrogen and oxygen atoms in total. The summed E-state index contributed by atoms with van der Waals surface area (Å²) in [5, 5.41) is 0. The first-order valence-corrected chi connectivity index (χ1v) is 7.47. The zero-order chi connectivity index (χ0) is 15.4. The number of rotatable bonds is 4. The first-order chi connectivity index (χ1) is 10.8. The molecular weight excluding hydrogens is 266 g/mol. The van der Waals surface area contributed by atoms with Gasteiger partial charge in [-0.05, 0) is 29.7 Å². The SMILES string of the molecule is C=CC(c1ccc(C)cc1)c1cncc(-c2ccccc2)c1. The second-order valence-corrected chi connectivity index (χ2v) is 5.50. The highest BCUT2D eigenvalue weighted by atomic mass is 14.6. The lowest BCUT2D eigenvalue weighted by atomic mass is 9.90. The van der Waals surface area contributed by atoms with Gasteiger partial charge in [-0.2, -0.15) is 0 Å². The Morgan fingerprint density at radius 1 is 0.864 bits per heavy atom. The van der Waals surface area contributed by atoms with Gasteiger partial charge in [0.2, 0.25) is 0 Å². The Kier molecular flexibility index (Phi) is 4.15. The molecule has 0 amide bonds. The van der Waals surface area contributed by atoms with Crippen molar-refractivity contribution in [1.29, 1.82) is 0 Å².